The van der Waals surface area contributed by atoms with Crippen molar-refractivity contribution < 1.29 is 14.3 Å². The number of amides is 1. The maximum absolute atomic E-state index is 12.4. The lowest BCUT2D eigenvalue weighted by molar-refractivity contribution is -0.119. The molecule has 0 spiro atoms. The van der Waals surface area contributed by atoms with Crippen molar-refractivity contribution >= 4 is 17.7 Å². The van der Waals surface area contributed by atoms with Crippen molar-refractivity contribution in [2.24, 2.45) is 0 Å². The van der Waals surface area contributed by atoms with Crippen molar-refractivity contribution in [1.82, 2.24) is 5.32 Å². The summed E-state index contributed by atoms with van der Waals surface area (Å²) in [5.74, 6) is 1.89. The monoisotopic (exact) mass is 371 g/mol. The number of rotatable bonds is 7. The Morgan fingerprint density at radius 2 is 1.92 bits per heavy atom. The van der Waals surface area contributed by atoms with Gasteiger partial charge in [0.2, 0.25) is 5.91 Å². The summed E-state index contributed by atoms with van der Waals surface area (Å²) in [6.07, 6.45) is 3.58. The predicted octanol–water partition coefficient (Wildman–Crippen LogP) is 4.16. The molecule has 0 unspecified atom stereocenters. The number of benzene rings is 2. The maximum atomic E-state index is 12.4. The van der Waals surface area contributed by atoms with Gasteiger partial charge in [-0.3, -0.25) is 4.79 Å². The van der Waals surface area contributed by atoms with Crippen LogP contribution in [-0.2, 0) is 17.6 Å². The van der Waals surface area contributed by atoms with E-state index in [1.54, 1.807) is 26.0 Å². The van der Waals surface area contributed by atoms with E-state index in [2.05, 4.69) is 23.5 Å². The van der Waals surface area contributed by atoms with E-state index in [0.717, 1.165) is 28.4 Å². The fraction of sp³-hybridized carbons (Fsp3) is 0.381. The lowest BCUT2D eigenvalue weighted by Gasteiger charge is -2.18. The first-order valence-corrected chi connectivity index (χ1v) is 9.85. The van der Waals surface area contributed by atoms with Gasteiger partial charge in [-0.25, -0.2) is 0 Å². The molecule has 4 nitrogen and oxygen atoms in total. The largest absolute Gasteiger partial charge is 0.497 e. The minimum absolute atomic E-state index is 0.00729. The average Bonchev–Trinajstić information content (AvgIpc) is 3.13. The van der Waals surface area contributed by atoms with Crippen LogP contribution in [0.25, 0.3) is 0 Å². The molecule has 138 valence electrons. The molecule has 0 aromatic heterocycles. The highest BCUT2D eigenvalue weighted by molar-refractivity contribution is 8.00. The van der Waals surface area contributed by atoms with Crippen molar-refractivity contribution in [1.29, 1.82) is 0 Å². The summed E-state index contributed by atoms with van der Waals surface area (Å²) in [7, 11) is 3.26. The number of carbonyl (C=O) groups is 1. The van der Waals surface area contributed by atoms with Crippen molar-refractivity contribution in [3.63, 3.8) is 0 Å². The zero-order valence-corrected chi connectivity index (χ0v) is 16.3. The van der Waals surface area contributed by atoms with Crippen LogP contribution in [0.4, 0.5) is 0 Å². The molecule has 0 radical (unpaired) electrons. The van der Waals surface area contributed by atoms with E-state index < -0.39 is 0 Å². The van der Waals surface area contributed by atoms with Gasteiger partial charge in [-0.05, 0) is 67.6 Å². The minimum atomic E-state index is -0.159. The number of ether oxygens (including phenoxy) is 2. The van der Waals surface area contributed by atoms with Gasteiger partial charge in [0, 0.05) is 10.5 Å². The molecule has 0 saturated heterocycles. The first-order valence-electron chi connectivity index (χ1n) is 8.86. The molecule has 0 saturated carbocycles. The third-order valence-corrected chi connectivity index (χ3v) is 5.71. The highest BCUT2D eigenvalue weighted by Gasteiger charge is 2.16. The normalized spacial score (nSPS) is 13.8. The van der Waals surface area contributed by atoms with Crippen LogP contribution in [-0.4, -0.2) is 25.9 Å². The van der Waals surface area contributed by atoms with E-state index in [1.807, 2.05) is 25.1 Å². The number of fused-ring (bicyclic) bond motifs is 1. The second-order valence-electron chi connectivity index (χ2n) is 6.47. The second kappa shape index (κ2) is 8.49. The quantitative estimate of drug-likeness (QED) is 0.743. The molecule has 2 aromatic rings. The molecule has 0 fully saturated rings. The Morgan fingerprint density at radius 1 is 1.12 bits per heavy atom. The van der Waals surface area contributed by atoms with Gasteiger partial charge in [-0.15, -0.1) is 11.8 Å². The lowest BCUT2D eigenvalue weighted by atomic mass is 10.1. The molecule has 2 aromatic carbocycles. The molecule has 1 amide bonds. The van der Waals surface area contributed by atoms with Crippen LogP contribution in [0.15, 0.2) is 41.3 Å². The van der Waals surface area contributed by atoms with Gasteiger partial charge in [0.25, 0.3) is 0 Å². The number of hydrogen-bond donors (Lipinski definition) is 1. The molecule has 3 rings (SSSR count). The van der Waals surface area contributed by atoms with Gasteiger partial charge < -0.3 is 14.8 Å². The minimum Gasteiger partial charge on any atom is -0.497 e. The zero-order valence-electron chi connectivity index (χ0n) is 15.5. The highest BCUT2D eigenvalue weighted by Crippen LogP contribution is 2.30. The first kappa shape index (κ1) is 18.6. The number of carbonyl (C=O) groups excluding carboxylic acids is 1. The Morgan fingerprint density at radius 3 is 2.69 bits per heavy atom. The Balaban J connectivity index is 1.59. The summed E-state index contributed by atoms with van der Waals surface area (Å²) in [6, 6.07) is 12.0. The van der Waals surface area contributed by atoms with E-state index in [9.17, 15) is 4.79 Å². The Bertz CT molecular complexity index is 791. The topological polar surface area (TPSA) is 47.6 Å². The van der Waals surface area contributed by atoms with Gasteiger partial charge in [0.15, 0.2) is 0 Å². The standard InChI is InChI=1S/C21H25NO3S/c1-14(19-12-17(24-2)8-10-20(19)25-3)22-21(23)13-26-18-9-7-15-5-4-6-16(15)11-18/h7-12,14H,4-6,13H2,1-3H3,(H,22,23)/t14-/m1/s1. The third-order valence-electron chi connectivity index (χ3n) is 4.72. The van der Waals surface area contributed by atoms with Crippen molar-refractivity contribution in [3.8, 4) is 11.5 Å². The van der Waals surface area contributed by atoms with Crippen LogP contribution >= 0.6 is 11.8 Å². The molecule has 1 aliphatic carbocycles. The van der Waals surface area contributed by atoms with Gasteiger partial charge in [-0.1, -0.05) is 6.07 Å². The Kier molecular flexibility index (Phi) is 6.09. The molecule has 1 N–H and O–H groups in total. The van der Waals surface area contributed by atoms with Crippen LogP contribution in [0.2, 0.25) is 0 Å². The summed E-state index contributed by atoms with van der Waals surface area (Å²) in [5.41, 5.74) is 3.80. The van der Waals surface area contributed by atoms with E-state index >= 15 is 0 Å². The number of aryl methyl sites for hydroxylation is 2. The Labute approximate surface area is 159 Å². The van der Waals surface area contributed by atoms with Crippen LogP contribution in [0.3, 0.4) is 0 Å². The van der Waals surface area contributed by atoms with E-state index in [-0.39, 0.29) is 11.9 Å². The number of thioether (sulfide) groups is 1. The molecular weight excluding hydrogens is 346 g/mol. The fourth-order valence-electron chi connectivity index (χ4n) is 3.33. The molecule has 0 bridgehead atoms. The summed E-state index contributed by atoms with van der Waals surface area (Å²) < 4.78 is 10.7. The van der Waals surface area contributed by atoms with Crippen LogP contribution in [0.1, 0.15) is 36.1 Å². The van der Waals surface area contributed by atoms with Crippen LogP contribution < -0.4 is 14.8 Å². The zero-order chi connectivity index (χ0) is 18.5. The third kappa shape index (κ3) is 4.33. The number of nitrogens with one attached hydrogen (secondary N) is 1. The van der Waals surface area contributed by atoms with E-state index in [1.165, 1.54) is 24.0 Å². The van der Waals surface area contributed by atoms with Crippen molar-refractivity contribution in [2.75, 3.05) is 20.0 Å². The summed E-state index contributed by atoms with van der Waals surface area (Å²) in [6.45, 7) is 1.95. The predicted molar refractivity (Wildman–Crippen MR) is 105 cm³/mol. The van der Waals surface area contributed by atoms with Crippen LogP contribution in [0.5, 0.6) is 11.5 Å². The smallest absolute Gasteiger partial charge is 0.230 e. The van der Waals surface area contributed by atoms with Crippen molar-refractivity contribution in [2.45, 2.75) is 37.1 Å². The summed E-state index contributed by atoms with van der Waals surface area (Å²) in [5, 5.41) is 3.05. The maximum Gasteiger partial charge on any atom is 0.230 e. The molecule has 0 heterocycles. The molecular formula is C21H25NO3S. The molecule has 0 aliphatic heterocycles. The SMILES string of the molecule is COc1ccc(OC)c([C@@H](C)NC(=O)CSc2ccc3c(c2)CCC3)c1. The van der Waals surface area contributed by atoms with E-state index in [4.69, 9.17) is 9.47 Å². The first-order chi connectivity index (χ1) is 12.6. The molecule has 5 heteroatoms. The van der Waals surface area contributed by atoms with Gasteiger partial charge in [0.05, 0.1) is 26.0 Å². The van der Waals surface area contributed by atoms with Crippen LogP contribution in [0, 0.1) is 0 Å². The molecule has 26 heavy (non-hydrogen) atoms. The Hall–Kier alpha value is -2.14. The van der Waals surface area contributed by atoms with Gasteiger partial charge in [0.1, 0.15) is 11.5 Å². The number of hydrogen-bond acceptors (Lipinski definition) is 4. The molecule has 1 atom stereocenters. The van der Waals surface area contributed by atoms with E-state index in [0.29, 0.717) is 5.75 Å². The summed E-state index contributed by atoms with van der Waals surface area (Å²) in [4.78, 5) is 13.5. The second-order valence-corrected chi connectivity index (χ2v) is 7.52. The van der Waals surface area contributed by atoms with Gasteiger partial charge in [-0.2, -0.15) is 0 Å². The van der Waals surface area contributed by atoms with Gasteiger partial charge >= 0.3 is 0 Å². The summed E-state index contributed by atoms with van der Waals surface area (Å²) >= 11 is 1.58. The average molecular weight is 372 g/mol. The van der Waals surface area contributed by atoms with Crippen molar-refractivity contribution in [3.05, 3.63) is 53.1 Å². The highest BCUT2D eigenvalue weighted by atomic mass is 32.2. The lowest BCUT2D eigenvalue weighted by Crippen LogP contribution is -2.28. The number of methoxy groups -OCH3 is 2. The molecule has 1 aliphatic rings. The fourth-order valence-corrected chi connectivity index (χ4v) is 4.10.